The number of aryl methyl sites for hydroxylation is 1. The summed E-state index contributed by atoms with van der Waals surface area (Å²) in [6.45, 7) is 6.89. The Morgan fingerprint density at radius 3 is 2.58 bits per heavy atom. The first-order chi connectivity index (χ1) is 12.4. The van der Waals surface area contributed by atoms with Gasteiger partial charge in [0, 0.05) is 15.7 Å². The number of halogens is 1. The quantitative estimate of drug-likeness (QED) is 0.876. The molecule has 1 aliphatic heterocycles. The number of alkyl halides is 1. The molecule has 3 nitrogen and oxygen atoms in total. The fourth-order valence-corrected chi connectivity index (χ4v) is 5.17. The maximum Gasteiger partial charge on any atom is 0.226 e. The van der Waals surface area contributed by atoms with E-state index in [2.05, 4.69) is 39.0 Å². The number of aliphatic hydroxyl groups excluding tert-OH is 1. The van der Waals surface area contributed by atoms with Gasteiger partial charge in [0.05, 0.1) is 19.7 Å². The van der Waals surface area contributed by atoms with Crippen molar-refractivity contribution >= 4 is 17.2 Å². The molecule has 2 unspecified atom stereocenters. The Kier molecular flexibility index (Phi) is 4.40. The molecule has 1 amide bonds. The van der Waals surface area contributed by atoms with Crippen LogP contribution in [0.4, 0.5) is 4.39 Å². The number of carbonyl (C=O) groups excluding carboxylic acids is 1. The predicted octanol–water partition coefficient (Wildman–Crippen LogP) is 4.12. The number of amides is 1. The first-order valence-corrected chi connectivity index (χ1v) is 9.95. The van der Waals surface area contributed by atoms with E-state index < -0.39 is 6.17 Å². The van der Waals surface area contributed by atoms with Crippen molar-refractivity contribution in [1.82, 2.24) is 4.90 Å². The Morgan fingerprint density at radius 1 is 1.27 bits per heavy atom. The standard InChI is InChI=1S/C21H24FNO2S/c1-11-6-14(17-7-18(17)21(25)23-8-15(22)9-23)4-5-16(11)20-13(3)12(2)19(10-24)26-20/h4-6,15,17-18,24H,7-10H2,1-3H3. The summed E-state index contributed by atoms with van der Waals surface area (Å²) >= 11 is 1.66. The summed E-state index contributed by atoms with van der Waals surface area (Å²) in [6.07, 6.45) is 0.0376. The first kappa shape index (κ1) is 17.7. The van der Waals surface area contributed by atoms with Gasteiger partial charge in [0.25, 0.3) is 0 Å². The highest BCUT2D eigenvalue weighted by molar-refractivity contribution is 7.15. The highest BCUT2D eigenvalue weighted by Crippen LogP contribution is 2.50. The van der Waals surface area contributed by atoms with Gasteiger partial charge >= 0.3 is 0 Å². The molecule has 4 rings (SSSR count). The number of rotatable bonds is 4. The highest BCUT2D eigenvalue weighted by atomic mass is 32.1. The maximum atomic E-state index is 13.0. The normalized spacial score (nSPS) is 22.4. The second-order valence-electron chi connectivity index (χ2n) is 7.63. The summed E-state index contributed by atoms with van der Waals surface area (Å²) in [4.78, 5) is 16.2. The summed E-state index contributed by atoms with van der Waals surface area (Å²) in [7, 11) is 0. The van der Waals surface area contributed by atoms with Crippen LogP contribution in [0.3, 0.4) is 0 Å². The van der Waals surface area contributed by atoms with Crippen LogP contribution < -0.4 is 0 Å². The molecular formula is C21H24FNO2S. The molecule has 2 aliphatic rings. The van der Waals surface area contributed by atoms with E-state index in [1.807, 2.05) is 0 Å². The van der Waals surface area contributed by atoms with Crippen molar-refractivity contribution in [3.05, 3.63) is 45.3 Å². The fourth-order valence-electron chi connectivity index (χ4n) is 3.91. The zero-order valence-corrected chi connectivity index (χ0v) is 16.2. The summed E-state index contributed by atoms with van der Waals surface area (Å²) < 4.78 is 13.0. The molecule has 0 bridgehead atoms. The van der Waals surface area contributed by atoms with Crippen molar-refractivity contribution < 1.29 is 14.3 Å². The summed E-state index contributed by atoms with van der Waals surface area (Å²) in [6, 6.07) is 6.46. The van der Waals surface area contributed by atoms with Gasteiger partial charge in [-0.05, 0) is 60.9 Å². The van der Waals surface area contributed by atoms with Gasteiger partial charge in [0.2, 0.25) is 5.91 Å². The molecule has 5 heteroatoms. The van der Waals surface area contributed by atoms with Gasteiger partial charge in [-0.3, -0.25) is 4.79 Å². The third kappa shape index (κ3) is 2.87. The molecule has 1 saturated heterocycles. The van der Waals surface area contributed by atoms with Gasteiger partial charge in [0.15, 0.2) is 0 Å². The number of nitrogens with zero attached hydrogens (tertiary/aromatic N) is 1. The minimum atomic E-state index is -0.834. The topological polar surface area (TPSA) is 40.5 Å². The van der Waals surface area contributed by atoms with Crippen LogP contribution in [0.5, 0.6) is 0 Å². The van der Waals surface area contributed by atoms with E-state index in [9.17, 15) is 14.3 Å². The molecule has 138 valence electrons. The van der Waals surface area contributed by atoms with Crippen LogP contribution in [-0.4, -0.2) is 35.2 Å². The lowest BCUT2D eigenvalue weighted by molar-refractivity contribution is -0.139. The summed E-state index contributed by atoms with van der Waals surface area (Å²) in [5.74, 6) is 0.412. The molecule has 1 saturated carbocycles. The number of hydrogen-bond donors (Lipinski definition) is 1. The number of thiophene rings is 1. The Labute approximate surface area is 157 Å². The minimum absolute atomic E-state index is 0.0273. The van der Waals surface area contributed by atoms with Crippen molar-refractivity contribution in [3.8, 4) is 10.4 Å². The van der Waals surface area contributed by atoms with Crippen LogP contribution in [0.25, 0.3) is 10.4 Å². The predicted molar refractivity (Wildman–Crippen MR) is 102 cm³/mol. The number of aliphatic hydroxyl groups is 1. The van der Waals surface area contributed by atoms with E-state index in [0.717, 1.165) is 11.3 Å². The molecule has 1 aliphatic carbocycles. The van der Waals surface area contributed by atoms with Crippen LogP contribution in [0, 0.1) is 26.7 Å². The van der Waals surface area contributed by atoms with E-state index in [1.165, 1.54) is 32.7 Å². The van der Waals surface area contributed by atoms with Crippen LogP contribution in [-0.2, 0) is 11.4 Å². The van der Waals surface area contributed by atoms with Crippen molar-refractivity contribution in [3.63, 3.8) is 0 Å². The van der Waals surface area contributed by atoms with Gasteiger partial charge in [0.1, 0.15) is 6.17 Å². The lowest BCUT2D eigenvalue weighted by Crippen LogP contribution is -2.52. The van der Waals surface area contributed by atoms with Crippen LogP contribution >= 0.6 is 11.3 Å². The molecular weight excluding hydrogens is 349 g/mol. The summed E-state index contributed by atoms with van der Waals surface area (Å²) in [5.41, 5.74) is 6.00. The molecule has 0 radical (unpaired) electrons. The number of carbonyl (C=O) groups is 1. The highest BCUT2D eigenvalue weighted by Gasteiger charge is 2.48. The second-order valence-corrected chi connectivity index (χ2v) is 8.73. The molecule has 1 N–H and O–H groups in total. The third-order valence-electron chi connectivity index (χ3n) is 5.87. The largest absolute Gasteiger partial charge is 0.391 e. The van der Waals surface area contributed by atoms with E-state index in [4.69, 9.17) is 0 Å². The number of hydrogen-bond acceptors (Lipinski definition) is 3. The number of likely N-dealkylation sites (tertiary alicyclic amines) is 1. The van der Waals surface area contributed by atoms with Crippen LogP contribution in [0.15, 0.2) is 18.2 Å². The van der Waals surface area contributed by atoms with Crippen LogP contribution in [0.1, 0.15) is 39.5 Å². The number of benzene rings is 1. The zero-order chi connectivity index (χ0) is 18.6. The average molecular weight is 373 g/mol. The van der Waals surface area contributed by atoms with E-state index in [1.54, 1.807) is 16.2 Å². The first-order valence-electron chi connectivity index (χ1n) is 9.14. The molecule has 2 heterocycles. The van der Waals surface area contributed by atoms with Crippen molar-refractivity contribution in [2.24, 2.45) is 5.92 Å². The summed E-state index contributed by atoms with van der Waals surface area (Å²) in [5, 5.41) is 9.52. The van der Waals surface area contributed by atoms with Crippen molar-refractivity contribution in [2.45, 2.75) is 45.9 Å². The van der Waals surface area contributed by atoms with Crippen LogP contribution in [0.2, 0.25) is 0 Å². The monoisotopic (exact) mass is 373 g/mol. The molecule has 2 aromatic rings. The Morgan fingerprint density at radius 2 is 2.00 bits per heavy atom. The van der Waals surface area contributed by atoms with E-state index >= 15 is 0 Å². The molecule has 2 fully saturated rings. The zero-order valence-electron chi connectivity index (χ0n) is 15.4. The molecule has 26 heavy (non-hydrogen) atoms. The smallest absolute Gasteiger partial charge is 0.226 e. The van der Waals surface area contributed by atoms with E-state index in [-0.39, 0.29) is 37.4 Å². The van der Waals surface area contributed by atoms with Gasteiger partial charge in [-0.2, -0.15) is 0 Å². The molecule has 0 spiro atoms. The minimum Gasteiger partial charge on any atom is -0.391 e. The lowest BCUT2D eigenvalue weighted by Gasteiger charge is -2.34. The average Bonchev–Trinajstić information content (AvgIpc) is 3.34. The molecule has 1 aromatic heterocycles. The Bertz CT molecular complexity index is 869. The van der Waals surface area contributed by atoms with Crippen molar-refractivity contribution in [2.75, 3.05) is 13.1 Å². The maximum absolute atomic E-state index is 13.0. The van der Waals surface area contributed by atoms with Gasteiger partial charge in [-0.15, -0.1) is 11.3 Å². The third-order valence-corrected chi connectivity index (χ3v) is 7.28. The molecule has 2 atom stereocenters. The Hall–Kier alpha value is -1.72. The Balaban J connectivity index is 1.53. The molecule has 1 aromatic carbocycles. The second kappa shape index (κ2) is 6.46. The SMILES string of the molecule is Cc1cc(C2CC2C(=O)N2CC(F)C2)ccc1-c1sc(CO)c(C)c1C. The van der Waals surface area contributed by atoms with Gasteiger partial charge in [-0.1, -0.05) is 18.2 Å². The fraction of sp³-hybridized carbons (Fsp3) is 0.476. The van der Waals surface area contributed by atoms with Crippen molar-refractivity contribution in [1.29, 1.82) is 0 Å². The van der Waals surface area contributed by atoms with Gasteiger partial charge < -0.3 is 10.0 Å². The van der Waals surface area contributed by atoms with E-state index in [0.29, 0.717) is 0 Å². The van der Waals surface area contributed by atoms with Gasteiger partial charge in [-0.25, -0.2) is 4.39 Å². The lowest BCUT2D eigenvalue weighted by atomic mass is 9.98.